The van der Waals surface area contributed by atoms with E-state index in [0.717, 1.165) is 31.0 Å². The quantitative estimate of drug-likeness (QED) is 0.867. The predicted molar refractivity (Wildman–Crippen MR) is 92.7 cm³/mol. The molecule has 0 aliphatic carbocycles. The SMILES string of the molecule is CC(C)CC1C(=NCc2ccccc2)n2nnnc2C2CCCN12. The fourth-order valence-corrected chi connectivity index (χ4v) is 3.91. The molecule has 0 saturated carbocycles. The Hall–Kier alpha value is -2.08. The number of hydrogen-bond acceptors (Lipinski definition) is 5. The van der Waals surface area contributed by atoms with E-state index in [9.17, 15) is 0 Å². The van der Waals surface area contributed by atoms with Crippen LogP contribution in [0.5, 0.6) is 0 Å². The molecule has 0 amide bonds. The van der Waals surface area contributed by atoms with Crippen molar-refractivity contribution < 1.29 is 0 Å². The lowest BCUT2D eigenvalue weighted by atomic mass is 9.98. The van der Waals surface area contributed by atoms with Crippen LogP contribution in [0.2, 0.25) is 0 Å². The molecule has 2 unspecified atom stereocenters. The van der Waals surface area contributed by atoms with Crippen molar-refractivity contribution >= 4 is 5.84 Å². The second-order valence-electron chi connectivity index (χ2n) is 7.15. The van der Waals surface area contributed by atoms with Gasteiger partial charge in [-0.1, -0.05) is 44.2 Å². The van der Waals surface area contributed by atoms with Crippen LogP contribution in [0.4, 0.5) is 0 Å². The van der Waals surface area contributed by atoms with Crippen LogP contribution in [-0.4, -0.2) is 43.5 Å². The van der Waals surface area contributed by atoms with Gasteiger partial charge >= 0.3 is 0 Å². The molecule has 0 bridgehead atoms. The molecule has 6 heteroatoms. The van der Waals surface area contributed by atoms with Crippen LogP contribution in [0, 0.1) is 5.92 Å². The first-order chi connectivity index (χ1) is 11.7. The number of benzene rings is 1. The van der Waals surface area contributed by atoms with E-state index in [-0.39, 0.29) is 0 Å². The van der Waals surface area contributed by atoms with Crippen molar-refractivity contribution in [3.05, 3.63) is 41.7 Å². The van der Waals surface area contributed by atoms with E-state index in [0.29, 0.717) is 24.5 Å². The third-order valence-electron chi connectivity index (χ3n) is 4.96. The van der Waals surface area contributed by atoms with Gasteiger partial charge in [0.05, 0.1) is 18.6 Å². The van der Waals surface area contributed by atoms with E-state index < -0.39 is 0 Å². The molecule has 2 atom stereocenters. The lowest BCUT2D eigenvalue weighted by Gasteiger charge is -2.38. The van der Waals surface area contributed by atoms with Crippen LogP contribution < -0.4 is 0 Å². The average Bonchev–Trinajstić information content (AvgIpc) is 3.23. The van der Waals surface area contributed by atoms with Crippen LogP contribution in [0.15, 0.2) is 35.3 Å². The van der Waals surface area contributed by atoms with Gasteiger partial charge in [0, 0.05) is 0 Å². The van der Waals surface area contributed by atoms with Crippen LogP contribution in [-0.2, 0) is 6.54 Å². The summed E-state index contributed by atoms with van der Waals surface area (Å²) in [5, 5.41) is 12.5. The zero-order valence-corrected chi connectivity index (χ0v) is 14.3. The minimum absolute atomic E-state index is 0.303. The van der Waals surface area contributed by atoms with Crippen LogP contribution >= 0.6 is 0 Å². The lowest BCUT2D eigenvalue weighted by molar-refractivity contribution is 0.178. The molecule has 0 N–H and O–H groups in total. The molecule has 0 spiro atoms. The highest BCUT2D eigenvalue weighted by molar-refractivity contribution is 5.90. The first kappa shape index (κ1) is 15.4. The van der Waals surface area contributed by atoms with E-state index in [4.69, 9.17) is 4.99 Å². The molecule has 2 aliphatic heterocycles. The Bertz CT molecular complexity index is 720. The van der Waals surface area contributed by atoms with Crippen molar-refractivity contribution in [1.29, 1.82) is 0 Å². The molecule has 1 saturated heterocycles. The summed E-state index contributed by atoms with van der Waals surface area (Å²) >= 11 is 0. The van der Waals surface area contributed by atoms with E-state index in [1.165, 1.54) is 12.0 Å². The molecule has 4 rings (SSSR count). The van der Waals surface area contributed by atoms with Gasteiger partial charge in [0.25, 0.3) is 0 Å². The molecule has 1 aromatic heterocycles. The predicted octanol–water partition coefficient (Wildman–Crippen LogP) is 2.69. The Balaban J connectivity index is 1.72. The van der Waals surface area contributed by atoms with Gasteiger partial charge in [0.15, 0.2) is 5.82 Å². The maximum Gasteiger partial charge on any atom is 0.175 e. The Labute approximate surface area is 142 Å². The molecular formula is C18H24N6. The molecule has 2 aromatic rings. The minimum atomic E-state index is 0.303. The highest BCUT2D eigenvalue weighted by atomic mass is 15.6. The maximum absolute atomic E-state index is 4.96. The van der Waals surface area contributed by atoms with Crippen LogP contribution in [0.1, 0.15) is 50.5 Å². The minimum Gasteiger partial charge on any atom is -0.283 e. The fraction of sp³-hybridized carbons (Fsp3) is 0.556. The monoisotopic (exact) mass is 324 g/mol. The number of tetrazole rings is 1. The topological polar surface area (TPSA) is 59.2 Å². The summed E-state index contributed by atoms with van der Waals surface area (Å²) in [5.74, 6) is 2.57. The highest BCUT2D eigenvalue weighted by Crippen LogP contribution is 2.37. The van der Waals surface area contributed by atoms with Gasteiger partial charge in [-0.05, 0) is 47.7 Å². The summed E-state index contributed by atoms with van der Waals surface area (Å²) in [6, 6.07) is 11.0. The number of rotatable bonds is 4. The fourth-order valence-electron chi connectivity index (χ4n) is 3.91. The lowest BCUT2D eigenvalue weighted by Crippen LogP contribution is -2.50. The molecule has 0 radical (unpaired) electrons. The average molecular weight is 324 g/mol. The molecular weight excluding hydrogens is 300 g/mol. The van der Waals surface area contributed by atoms with Gasteiger partial charge < -0.3 is 0 Å². The number of aliphatic imine (C=N–C) groups is 1. The number of hydrogen-bond donors (Lipinski definition) is 0. The third-order valence-corrected chi connectivity index (χ3v) is 4.96. The van der Waals surface area contributed by atoms with Gasteiger partial charge in [-0.3, -0.25) is 9.89 Å². The van der Waals surface area contributed by atoms with Gasteiger partial charge in [-0.25, -0.2) is 0 Å². The van der Waals surface area contributed by atoms with Crippen molar-refractivity contribution in [3.63, 3.8) is 0 Å². The summed E-state index contributed by atoms with van der Waals surface area (Å²) in [5.41, 5.74) is 1.21. The van der Waals surface area contributed by atoms with Crippen LogP contribution in [0.3, 0.4) is 0 Å². The van der Waals surface area contributed by atoms with Crippen molar-refractivity contribution in [3.8, 4) is 0 Å². The van der Waals surface area contributed by atoms with Crippen molar-refractivity contribution in [1.82, 2.24) is 25.1 Å². The molecule has 1 fully saturated rings. The Kier molecular flexibility index (Phi) is 4.14. The van der Waals surface area contributed by atoms with Gasteiger partial charge in [0.1, 0.15) is 5.84 Å². The van der Waals surface area contributed by atoms with Crippen molar-refractivity contribution in [2.24, 2.45) is 10.9 Å². The van der Waals surface area contributed by atoms with E-state index in [1.54, 1.807) is 0 Å². The third kappa shape index (κ3) is 2.75. The number of nitrogens with zero attached hydrogens (tertiary/aromatic N) is 6. The second kappa shape index (κ2) is 6.43. The molecule has 1 aromatic carbocycles. The Morgan fingerprint density at radius 3 is 2.88 bits per heavy atom. The Morgan fingerprint density at radius 1 is 1.25 bits per heavy atom. The number of fused-ring (bicyclic) bond motifs is 3. The van der Waals surface area contributed by atoms with Gasteiger partial charge in [-0.2, -0.15) is 4.68 Å². The van der Waals surface area contributed by atoms with Crippen molar-refractivity contribution in [2.45, 2.75) is 51.7 Å². The zero-order chi connectivity index (χ0) is 16.5. The largest absolute Gasteiger partial charge is 0.283 e. The van der Waals surface area contributed by atoms with Crippen LogP contribution in [0.25, 0.3) is 0 Å². The van der Waals surface area contributed by atoms with E-state index in [2.05, 4.69) is 58.5 Å². The molecule has 3 heterocycles. The molecule has 126 valence electrons. The second-order valence-corrected chi connectivity index (χ2v) is 7.15. The molecule has 24 heavy (non-hydrogen) atoms. The summed E-state index contributed by atoms with van der Waals surface area (Å²) in [6.07, 6.45) is 3.43. The summed E-state index contributed by atoms with van der Waals surface area (Å²) in [4.78, 5) is 7.52. The first-order valence-corrected chi connectivity index (χ1v) is 8.86. The van der Waals surface area contributed by atoms with Gasteiger partial charge in [-0.15, -0.1) is 5.10 Å². The smallest absolute Gasteiger partial charge is 0.175 e. The van der Waals surface area contributed by atoms with Crippen molar-refractivity contribution in [2.75, 3.05) is 6.54 Å². The zero-order valence-electron chi connectivity index (χ0n) is 14.3. The number of aromatic nitrogens is 4. The standard InChI is InChI=1S/C18H24N6/c1-13(2)11-16-17(19-12-14-7-4-3-5-8-14)24-18(20-21-22-24)15-9-6-10-23(15)16/h3-5,7-8,13,15-16H,6,9-12H2,1-2H3. The normalized spacial score (nSPS) is 25.2. The van der Waals surface area contributed by atoms with E-state index in [1.807, 2.05) is 10.7 Å². The summed E-state index contributed by atoms with van der Waals surface area (Å²) in [6.45, 7) is 6.33. The first-order valence-electron chi connectivity index (χ1n) is 8.86. The maximum atomic E-state index is 4.96. The molecule has 6 nitrogen and oxygen atoms in total. The summed E-state index contributed by atoms with van der Waals surface area (Å²) in [7, 11) is 0. The summed E-state index contributed by atoms with van der Waals surface area (Å²) < 4.78 is 1.91. The Morgan fingerprint density at radius 2 is 2.08 bits per heavy atom. The molecule has 2 aliphatic rings. The highest BCUT2D eigenvalue weighted by Gasteiger charge is 2.43. The van der Waals surface area contributed by atoms with E-state index >= 15 is 0 Å². The van der Waals surface area contributed by atoms with Gasteiger partial charge in [0.2, 0.25) is 0 Å².